The second-order valence-electron chi connectivity index (χ2n) is 7.26. The summed E-state index contributed by atoms with van der Waals surface area (Å²) in [4.78, 5) is 40.7. The number of nitrogens with zero attached hydrogens (tertiary/aromatic N) is 3. The first-order valence-corrected chi connectivity index (χ1v) is 10.6. The van der Waals surface area contributed by atoms with Crippen LogP contribution in [-0.4, -0.2) is 64.3 Å². The Bertz CT molecular complexity index is 1020. The molecule has 4 rings (SSSR count). The largest absolute Gasteiger partial charge is 0.378 e. The molecule has 1 aromatic carbocycles. The van der Waals surface area contributed by atoms with Crippen LogP contribution in [-0.2, 0) is 14.3 Å². The highest BCUT2D eigenvalue weighted by Gasteiger charge is 2.37. The molecule has 0 bridgehead atoms. The predicted molar refractivity (Wildman–Crippen MR) is 115 cm³/mol. The second kappa shape index (κ2) is 8.49. The lowest BCUT2D eigenvalue weighted by atomic mass is 10.2. The summed E-state index contributed by atoms with van der Waals surface area (Å²) in [6.45, 7) is 5.68. The number of para-hydroxylation sites is 1. The van der Waals surface area contributed by atoms with Gasteiger partial charge in [-0.1, -0.05) is 18.2 Å². The molecule has 0 atom stereocenters. The molecule has 2 aromatic rings. The SMILES string of the molecule is Cc1cc(/C=C2\SC(=O)N(CC(=O)N3CCOCC3)C2=O)c(C)n1-c1ccccc1. The number of aryl methyl sites for hydroxylation is 1. The summed E-state index contributed by atoms with van der Waals surface area (Å²) in [5.41, 5.74) is 3.93. The van der Waals surface area contributed by atoms with Crippen molar-refractivity contribution < 1.29 is 19.1 Å². The number of hydrogen-bond donors (Lipinski definition) is 0. The predicted octanol–water partition coefficient (Wildman–Crippen LogP) is 2.99. The fraction of sp³-hybridized carbons (Fsp3) is 0.318. The van der Waals surface area contributed by atoms with E-state index < -0.39 is 11.1 Å². The van der Waals surface area contributed by atoms with Crippen molar-refractivity contribution in [1.29, 1.82) is 0 Å². The Kier molecular flexibility index (Phi) is 5.78. The van der Waals surface area contributed by atoms with Crippen molar-refractivity contribution in [1.82, 2.24) is 14.4 Å². The quantitative estimate of drug-likeness (QED) is 0.705. The maximum absolute atomic E-state index is 12.8. The number of carbonyl (C=O) groups is 3. The van der Waals surface area contributed by atoms with Gasteiger partial charge in [0.25, 0.3) is 11.1 Å². The normalized spacial score (nSPS) is 18.5. The molecule has 2 aliphatic rings. The Labute approximate surface area is 179 Å². The number of thioether (sulfide) groups is 1. The Morgan fingerprint density at radius 1 is 1.13 bits per heavy atom. The lowest BCUT2D eigenvalue weighted by Crippen LogP contribution is -2.46. The summed E-state index contributed by atoms with van der Waals surface area (Å²) in [6.07, 6.45) is 1.74. The maximum atomic E-state index is 12.8. The number of aromatic nitrogens is 1. The first kappa shape index (κ1) is 20.4. The van der Waals surface area contributed by atoms with Gasteiger partial charge in [0.1, 0.15) is 6.54 Å². The van der Waals surface area contributed by atoms with E-state index in [0.29, 0.717) is 31.2 Å². The van der Waals surface area contributed by atoms with E-state index in [1.54, 1.807) is 11.0 Å². The molecule has 7 nitrogen and oxygen atoms in total. The van der Waals surface area contributed by atoms with E-state index in [0.717, 1.165) is 39.3 Å². The van der Waals surface area contributed by atoms with Gasteiger partial charge in [-0.3, -0.25) is 19.3 Å². The van der Waals surface area contributed by atoms with Gasteiger partial charge >= 0.3 is 0 Å². The summed E-state index contributed by atoms with van der Waals surface area (Å²) >= 11 is 0.879. The lowest BCUT2D eigenvalue weighted by molar-refractivity contribution is -0.139. The van der Waals surface area contributed by atoms with E-state index in [9.17, 15) is 14.4 Å². The fourth-order valence-corrected chi connectivity index (χ4v) is 4.56. The van der Waals surface area contributed by atoms with E-state index >= 15 is 0 Å². The van der Waals surface area contributed by atoms with Crippen LogP contribution in [0.4, 0.5) is 4.79 Å². The molecule has 8 heteroatoms. The van der Waals surface area contributed by atoms with Crippen LogP contribution in [0.25, 0.3) is 11.8 Å². The third kappa shape index (κ3) is 3.93. The number of carbonyl (C=O) groups excluding carboxylic acids is 3. The number of ether oxygens (including phenoxy) is 1. The van der Waals surface area contributed by atoms with Crippen molar-refractivity contribution in [2.24, 2.45) is 0 Å². The summed E-state index contributed by atoms with van der Waals surface area (Å²) < 4.78 is 7.35. The number of amides is 3. The Morgan fingerprint density at radius 2 is 1.83 bits per heavy atom. The number of benzene rings is 1. The topological polar surface area (TPSA) is 71.9 Å². The molecule has 156 valence electrons. The lowest BCUT2D eigenvalue weighted by Gasteiger charge is -2.28. The zero-order chi connectivity index (χ0) is 21.3. The van der Waals surface area contributed by atoms with Crippen molar-refractivity contribution in [2.75, 3.05) is 32.8 Å². The minimum atomic E-state index is -0.420. The highest BCUT2D eigenvalue weighted by atomic mass is 32.2. The summed E-state index contributed by atoms with van der Waals surface area (Å²) in [5.74, 6) is -0.653. The van der Waals surface area contributed by atoms with Crippen molar-refractivity contribution in [3.63, 3.8) is 0 Å². The highest BCUT2D eigenvalue weighted by molar-refractivity contribution is 8.18. The molecule has 0 radical (unpaired) electrons. The van der Waals surface area contributed by atoms with E-state index in [2.05, 4.69) is 4.57 Å². The molecular formula is C22H23N3O4S. The van der Waals surface area contributed by atoms with Crippen molar-refractivity contribution in [2.45, 2.75) is 13.8 Å². The van der Waals surface area contributed by atoms with Gasteiger partial charge in [-0.15, -0.1) is 0 Å². The van der Waals surface area contributed by atoms with Crippen LogP contribution in [0.3, 0.4) is 0 Å². The summed E-state index contributed by atoms with van der Waals surface area (Å²) in [7, 11) is 0. The van der Waals surface area contributed by atoms with Crippen LogP contribution >= 0.6 is 11.8 Å². The zero-order valence-corrected chi connectivity index (χ0v) is 17.8. The van der Waals surface area contributed by atoms with Crippen LogP contribution in [0, 0.1) is 13.8 Å². The molecule has 0 saturated carbocycles. The number of rotatable bonds is 4. The Morgan fingerprint density at radius 3 is 2.53 bits per heavy atom. The van der Waals surface area contributed by atoms with Gasteiger partial charge in [-0.25, -0.2) is 0 Å². The molecule has 3 heterocycles. The van der Waals surface area contributed by atoms with E-state index in [1.165, 1.54) is 0 Å². The van der Waals surface area contributed by atoms with Gasteiger partial charge in [0.2, 0.25) is 5.91 Å². The second-order valence-corrected chi connectivity index (χ2v) is 8.25. The molecule has 0 unspecified atom stereocenters. The standard InChI is InChI=1S/C22H23N3O4S/c1-15-12-17(16(2)25(15)18-6-4-3-5-7-18)13-19-21(27)24(22(28)30-19)14-20(26)23-8-10-29-11-9-23/h3-7,12-13H,8-11,14H2,1-2H3/b19-13-. The maximum Gasteiger partial charge on any atom is 0.294 e. The molecule has 0 aliphatic carbocycles. The third-order valence-electron chi connectivity index (χ3n) is 5.30. The molecule has 2 fully saturated rings. The smallest absolute Gasteiger partial charge is 0.294 e. The minimum absolute atomic E-state index is 0.231. The average molecular weight is 426 g/mol. The summed E-state index contributed by atoms with van der Waals surface area (Å²) in [6, 6.07) is 12.0. The van der Waals surface area contributed by atoms with Crippen LogP contribution < -0.4 is 0 Å². The van der Waals surface area contributed by atoms with Crippen molar-refractivity contribution >= 4 is 34.9 Å². The van der Waals surface area contributed by atoms with Gasteiger partial charge in [0.15, 0.2) is 0 Å². The van der Waals surface area contributed by atoms with Crippen LogP contribution in [0.2, 0.25) is 0 Å². The molecule has 1 aromatic heterocycles. The zero-order valence-electron chi connectivity index (χ0n) is 17.0. The Balaban J connectivity index is 1.54. The summed E-state index contributed by atoms with van der Waals surface area (Å²) in [5, 5.41) is -0.412. The van der Waals surface area contributed by atoms with E-state index in [4.69, 9.17) is 4.74 Å². The van der Waals surface area contributed by atoms with Gasteiger partial charge in [-0.2, -0.15) is 0 Å². The van der Waals surface area contributed by atoms with Crippen LogP contribution in [0.5, 0.6) is 0 Å². The fourth-order valence-electron chi connectivity index (χ4n) is 3.73. The molecule has 0 N–H and O–H groups in total. The molecule has 30 heavy (non-hydrogen) atoms. The monoisotopic (exact) mass is 425 g/mol. The van der Waals surface area contributed by atoms with Gasteiger partial charge in [0.05, 0.1) is 18.1 Å². The molecule has 2 aliphatic heterocycles. The third-order valence-corrected chi connectivity index (χ3v) is 6.21. The van der Waals surface area contributed by atoms with Crippen LogP contribution in [0.15, 0.2) is 41.3 Å². The van der Waals surface area contributed by atoms with Crippen LogP contribution in [0.1, 0.15) is 17.0 Å². The van der Waals surface area contributed by atoms with E-state index in [-0.39, 0.29) is 12.5 Å². The Hall–Kier alpha value is -2.84. The first-order chi connectivity index (χ1) is 14.5. The van der Waals surface area contributed by atoms with E-state index in [1.807, 2.05) is 50.2 Å². The van der Waals surface area contributed by atoms with Gasteiger partial charge in [-0.05, 0) is 55.4 Å². The average Bonchev–Trinajstić information content (AvgIpc) is 3.18. The molecule has 3 amide bonds. The number of morpholine rings is 1. The molecule has 0 spiro atoms. The molecule has 2 saturated heterocycles. The number of hydrogen-bond acceptors (Lipinski definition) is 5. The van der Waals surface area contributed by atoms with Gasteiger partial charge in [0, 0.05) is 30.2 Å². The van der Waals surface area contributed by atoms with Crippen molar-refractivity contribution in [3.05, 3.63) is 58.3 Å². The van der Waals surface area contributed by atoms with Gasteiger partial charge < -0.3 is 14.2 Å². The highest BCUT2D eigenvalue weighted by Crippen LogP contribution is 2.33. The minimum Gasteiger partial charge on any atom is -0.378 e. The molecular weight excluding hydrogens is 402 g/mol. The first-order valence-electron chi connectivity index (χ1n) is 9.81. The van der Waals surface area contributed by atoms with Crippen molar-refractivity contribution in [3.8, 4) is 5.69 Å². The number of imide groups is 1.